The van der Waals surface area contributed by atoms with Crippen molar-refractivity contribution in [2.75, 3.05) is 19.0 Å². The van der Waals surface area contributed by atoms with Gasteiger partial charge in [0.25, 0.3) is 0 Å². The van der Waals surface area contributed by atoms with E-state index in [2.05, 4.69) is 24.4 Å². The van der Waals surface area contributed by atoms with E-state index in [1.54, 1.807) is 7.11 Å². The van der Waals surface area contributed by atoms with E-state index in [0.717, 1.165) is 22.7 Å². The average molecular weight is 306 g/mol. The predicted molar refractivity (Wildman–Crippen MR) is 87.7 cm³/mol. The van der Waals surface area contributed by atoms with E-state index >= 15 is 0 Å². The number of hydrogen-bond donors (Lipinski definition) is 1. The van der Waals surface area contributed by atoms with Gasteiger partial charge in [0.05, 0.1) is 24.4 Å². The first-order chi connectivity index (χ1) is 10.1. The van der Waals surface area contributed by atoms with Crippen LogP contribution in [0.3, 0.4) is 0 Å². The molecule has 0 aromatic heterocycles. The third-order valence-electron chi connectivity index (χ3n) is 3.24. The molecule has 0 aliphatic heterocycles. The van der Waals surface area contributed by atoms with Crippen LogP contribution in [0.4, 0.5) is 5.69 Å². The summed E-state index contributed by atoms with van der Waals surface area (Å²) in [6.45, 7) is 4.74. The number of anilines is 1. The van der Waals surface area contributed by atoms with E-state index in [4.69, 9.17) is 21.1 Å². The van der Waals surface area contributed by atoms with Gasteiger partial charge in [0.2, 0.25) is 0 Å². The number of hydrogen-bond acceptors (Lipinski definition) is 3. The second-order valence-electron chi connectivity index (χ2n) is 4.71. The summed E-state index contributed by atoms with van der Waals surface area (Å²) < 4.78 is 10.7. The molecule has 2 aromatic carbocycles. The molecule has 0 radical (unpaired) electrons. The SMILES string of the molecule is CCOc1ccc(C(C)Nc2cc(OC)ccc2Cl)cc1. The van der Waals surface area contributed by atoms with Gasteiger partial charge in [-0.2, -0.15) is 0 Å². The molecule has 2 aromatic rings. The van der Waals surface area contributed by atoms with Gasteiger partial charge < -0.3 is 14.8 Å². The molecule has 1 atom stereocenters. The number of halogens is 1. The van der Waals surface area contributed by atoms with E-state index in [1.807, 2.05) is 37.3 Å². The second-order valence-corrected chi connectivity index (χ2v) is 5.12. The lowest BCUT2D eigenvalue weighted by atomic mass is 10.1. The van der Waals surface area contributed by atoms with E-state index in [9.17, 15) is 0 Å². The van der Waals surface area contributed by atoms with E-state index < -0.39 is 0 Å². The highest BCUT2D eigenvalue weighted by Crippen LogP contribution is 2.30. The Bertz CT molecular complexity index is 584. The molecule has 0 heterocycles. The Balaban J connectivity index is 2.11. The molecule has 0 aliphatic carbocycles. The molecule has 0 aliphatic rings. The van der Waals surface area contributed by atoms with Crippen molar-refractivity contribution in [1.29, 1.82) is 0 Å². The van der Waals surface area contributed by atoms with Crippen LogP contribution in [0.1, 0.15) is 25.5 Å². The largest absolute Gasteiger partial charge is 0.497 e. The lowest BCUT2D eigenvalue weighted by Gasteiger charge is -2.18. The minimum atomic E-state index is 0.130. The Morgan fingerprint density at radius 2 is 1.76 bits per heavy atom. The quantitative estimate of drug-likeness (QED) is 0.821. The normalized spacial score (nSPS) is 11.8. The summed E-state index contributed by atoms with van der Waals surface area (Å²) in [6.07, 6.45) is 0. The molecule has 3 nitrogen and oxygen atoms in total. The zero-order valence-corrected chi connectivity index (χ0v) is 13.3. The van der Waals surface area contributed by atoms with Crippen molar-refractivity contribution < 1.29 is 9.47 Å². The van der Waals surface area contributed by atoms with Crippen LogP contribution in [0.15, 0.2) is 42.5 Å². The van der Waals surface area contributed by atoms with Crippen molar-refractivity contribution in [2.24, 2.45) is 0 Å². The molecule has 0 saturated heterocycles. The van der Waals surface area contributed by atoms with Crippen LogP contribution in [0, 0.1) is 0 Å². The van der Waals surface area contributed by atoms with E-state index in [-0.39, 0.29) is 6.04 Å². The zero-order valence-electron chi connectivity index (χ0n) is 12.5. The number of nitrogens with one attached hydrogen (secondary N) is 1. The molecule has 4 heteroatoms. The first-order valence-corrected chi connectivity index (χ1v) is 7.34. The standard InChI is InChI=1S/C17H20ClNO2/c1-4-21-14-7-5-13(6-8-14)12(2)19-17-11-15(20-3)9-10-16(17)18/h5-12,19H,4H2,1-3H3. The summed E-state index contributed by atoms with van der Waals surface area (Å²) >= 11 is 6.21. The molecule has 2 rings (SSSR count). The van der Waals surface area contributed by atoms with E-state index in [0.29, 0.717) is 11.6 Å². The number of ether oxygens (including phenoxy) is 2. The molecule has 112 valence electrons. The van der Waals surface area contributed by atoms with Gasteiger partial charge in [-0.15, -0.1) is 0 Å². The molecule has 0 saturated carbocycles. The highest BCUT2D eigenvalue weighted by atomic mass is 35.5. The van der Waals surface area contributed by atoms with Gasteiger partial charge in [-0.05, 0) is 43.7 Å². The minimum Gasteiger partial charge on any atom is -0.497 e. The maximum absolute atomic E-state index is 6.21. The van der Waals surface area contributed by atoms with Crippen LogP contribution in [0.25, 0.3) is 0 Å². The van der Waals surface area contributed by atoms with Crippen molar-refractivity contribution in [3.05, 3.63) is 53.1 Å². The van der Waals surface area contributed by atoms with Crippen molar-refractivity contribution in [3.63, 3.8) is 0 Å². The monoisotopic (exact) mass is 305 g/mol. The van der Waals surface area contributed by atoms with Crippen molar-refractivity contribution >= 4 is 17.3 Å². The van der Waals surface area contributed by atoms with Crippen LogP contribution in [-0.4, -0.2) is 13.7 Å². The molecule has 0 spiro atoms. The fourth-order valence-corrected chi connectivity index (χ4v) is 2.25. The number of methoxy groups -OCH3 is 1. The fraction of sp³-hybridized carbons (Fsp3) is 0.294. The highest BCUT2D eigenvalue weighted by Gasteiger charge is 2.09. The molecule has 21 heavy (non-hydrogen) atoms. The molecule has 0 amide bonds. The maximum Gasteiger partial charge on any atom is 0.121 e. The van der Waals surface area contributed by atoms with Gasteiger partial charge in [-0.25, -0.2) is 0 Å². The van der Waals surface area contributed by atoms with Gasteiger partial charge in [0.1, 0.15) is 11.5 Å². The van der Waals surface area contributed by atoms with Gasteiger partial charge in [-0.3, -0.25) is 0 Å². The summed E-state index contributed by atoms with van der Waals surface area (Å²) in [5.41, 5.74) is 2.02. The third-order valence-corrected chi connectivity index (χ3v) is 3.57. The molecular weight excluding hydrogens is 286 g/mol. The summed E-state index contributed by atoms with van der Waals surface area (Å²) in [7, 11) is 1.64. The Morgan fingerprint density at radius 3 is 2.38 bits per heavy atom. The molecule has 1 unspecified atom stereocenters. The zero-order chi connectivity index (χ0) is 15.2. The lowest BCUT2D eigenvalue weighted by Crippen LogP contribution is -2.07. The Labute approximate surface area is 130 Å². The van der Waals surface area contributed by atoms with Crippen LogP contribution in [0.2, 0.25) is 5.02 Å². The van der Waals surface area contributed by atoms with Crippen LogP contribution in [-0.2, 0) is 0 Å². The maximum atomic E-state index is 6.21. The van der Waals surface area contributed by atoms with Gasteiger partial charge in [-0.1, -0.05) is 23.7 Å². The lowest BCUT2D eigenvalue weighted by molar-refractivity contribution is 0.340. The van der Waals surface area contributed by atoms with Crippen LogP contribution < -0.4 is 14.8 Å². The van der Waals surface area contributed by atoms with Gasteiger partial charge in [0.15, 0.2) is 0 Å². The second kappa shape index (κ2) is 7.23. The van der Waals surface area contributed by atoms with Gasteiger partial charge in [0, 0.05) is 12.1 Å². The highest BCUT2D eigenvalue weighted by molar-refractivity contribution is 6.33. The Morgan fingerprint density at radius 1 is 1.10 bits per heavy atom. The summed E-state index contributed by atoms with van der Waals surface area (Å²) in [5.74, 6) is 1.66. The molecular formula is C17H20ClNO2. The first kappa shape index (κ1) is 15.5. The molecule has 1 N–H and O–H groups in total. The van der Waals surface area contributed by atoms with Crippen molar-refractivity contribution in [2.45, 2.75) is 19.9 Å². The molecule has 0 bridgehead atoms. The van der Waals surface area contributed by atoms with Crippen LogP contribution >= 0.6 is 11.6 Å². The Hall–Kier alpha value is -1.87. The summed E-state index contributed by atoms with van der Waals surface area (Å²) in [4.78, 5) is 0. The topological polar surface area (TPSA) is 30.5 Å². The summed E-state index contributed by atoms with van der Waals surface area (Å²) in [6, 6.07) is 13.8. The third kappa shape index (κ3) is 4.05. The predicted octanol–water partition coefficient (Wildman–Crippen LogP) is 4.92. The number of rotatable bonds is 6. The first-order valence-electron chi connectivity index (χ1n) is 6.97. The van der Waals surface area contributed by atoms with Crippen molar-refractivity contribution in [1.82, 2.24) is 0 Å². The average Bonchev–Trinajstić information content (AvgIpc) is 2.50. The fourth-order valence-electron chi connectivity index (χ4n) is 2.08. The molecule has 0 fully saturated rings. The smallest absolute Gasteiger partial charge is 0.121 e. The van der Waals surface area contributed by atoms with E-state index in [1.165, 1.54) is 0 Å². The Kier molecular flexibility index (Phi) is 5.34. The van der Waals surface area contributed by atoms with Crippen molar-refractivity contribution in [3.8, 4) is 11.5 Å². The number of benzene rings is 2. The van der Waals surface area contributed by atoms with Crippen LogP contribution in [0.5, 0.6) is 11.5 Å². The summed E-state index contributed by atoms with van der Waals surface area (Å²) in [5, 5.41) is 4.07. The van der Waals surface area contributed by atoms with Gasteiger partial charge >= 0.3 is 0 Å². The minimum absolute atomic E-state index is 0.130.